The molecule has 18 heavy (non-hydrogen) atoms. The van der Waals surface area contributed by atoms with Crippen LogP contribution in [0.5, 0.6) is 5.75 Å². The van der Waals surface area contributed by atoms with Gasteiger partial charge in [0.25, 0.3) is 0 Å². The first kappa shape index (κ1) is 12.8. The minimum absolute atomic E-state index is 0.185. The van der Waals surface area contributed by atoms with E-state index in [1.54, 1.807) is 6.07 Å². The van der Waals surface area contributed by atoms with Gasteiger partial charge in [-0.3, -0.25) is 4.79 Å². The molecule has 2 rings (SSSR count). The lowest BCUT2D eigenvalue weighted by Gasteiger charge is -2.23. The van der Waals surface area contributed by atoms with Crippen molar-refractivity contribution in [1.82, 2.24) is 10.6 Å². The monoisotopic (exact) mass is 253 g/mol. The van der Waals surface area contributed by atoms with E-state index in [-0.39, 0.29) is 11.9 Å². The standard InChI is InChI=1S/C12H16FN3O2/c1-18-10-5-8(13)4-9(6-10)16-12(17)11-7-14-2-3-15-11/h4-6,11,14-15H,2-3,7H2,1H3,(H,16,17). The van der Waals surface area contributed by atoms with E-state index in [2.05, 4.69) is 16.0 Å². The highest BCUT2D eigenvalue weighted by Gasteiger charge is 2.20. The molecule has 0 radical (unpaired) electrons. The van der Waals surface area contributed by atoms with Gasteiger partial charge in [0.2, 0.25) is 5.91 Å². The van der Waals surface area contributed by atoms with Crippen molar-refractivity contribution < 1.29 is 13.9 Å². The van der Waals surface area contributed by atoms with E-state index in [1.807, 2.05) is 0 Å². The van der Waals surface area contributed by atoms with Gasteiger partial charge in [0.05, 0.1) is 13.2 Å². The minimum atomic E-state index is -0.445. The Morgan fingerprint density at radius 2 is 2.28 bits per heavy atom. The van der Waals surface area contributed by atoms with Crippen LogP contribution in [0.1, 0.15) is 0 Å². The number of ether oxygens (including phenoxy) is 1. The average molecular weight is 253 g/mol. The summed E-state index contributed by atoms with van der Waals surface area (Å²) in [5.41, 5.74) is 0.393. The molecule has 6 heteroatoms. The summed E-state index contributed by atoms with van der Waals surface area (Å²) < 4.78 is 18.2. The van der Waals surface area contributed by atoms with Gasteiger partial charge in [-0.05, 0) is 6.07 Å². The van der Waals surface area contributed by atoms with Gasteiger partial charge in [-0.1, -0.05) is 0 Å². The van der Waals surface area contributed by atoms with Crippen molar-refractivity contribution >= 4 is 11.6 Å². The van der Waals surface area contributed by atoms with Crippen LogP contribution in [0.4, 0.5) is 10.1 Å². The molecule has 1 aliphatic rings. The molecule has 1 aromatic carbocycles. The van der Waals surface area contributed by atoms with Crippen molar-refractivity contribution in [1.29, 1.82) is 0 Å². The van der Waals surface area contributed by atoms with E-state index in [1.165, 1.54) is 19.2 Å². The molecule has 1 amide bonds. The minimum Gasteiger partial charge on any atom is -0.497 e. The van der Waals surface area contributed by atoms with Gasteiger partial charge in [0.15, 0.2) is 0 Å². The Labute approximate surface area is 105 Å². The maximum atomic E-state index is 13.2. The highest BCUT2D eigenvalue weighted by atomic mass is 19.1. The third-order valence-corrected chi connectivity index (χ3v) is 2.73. The van der Waals surface area contributed by atoms with Crippen LogP contribution in [0.25, 0.3) is 0 Å². The number of hydrogen-bond acceptors (Lipinski definition) is 4. The van der Waals surface area contributed by atoms with Crippen LogP contribution in [-0.4, -0.2) is 38.7 Å². The molecule has 98 valence electrons. The molecule has 1 aromatic rings. The lowest BCUT2D eigenvalue weighted by Crippen LogP contribution is -2.54. The number of anilines is 1. The van der Waals surface area contributed by atoms with Crippen molar-refractivity contribution in [3.05, 3.63) is 24.0 Å². The molecule has 3 N–H and O–H groups in total. The largest absolute Gasteiger partial charge is 0.497 e. The Kier molecular flexibility index (Phi) is 4.11. The molecule has 1 aliphatic heterocycles. The number of benzene rings is 1. The number of rotatable bonds is 3. The number of nitrogens with one attached hydrogen (secondary N) is 3. The molecule has 1 unspecified atom stereocenters. The summed E-state index contributed by atoms with van der Waals surface area (Å²) in [6.45, 7) is 2.15. The number of carbonyl (C=O) groups excluding carboxylic acids is 1. The van der Waals surface area contributed by atoms with Crippen LogP contribution in [0.3, 0.4) is 0 Å². The molecule has 1 saturated heterocycles. The van der Waals surface area contributed by atoms with E-state index in [9.17, 15) is 9.18 Å². The summed E-state index contributed by atoms with van der Waals surface area (Å²) in [4.78, 5) is 11.9. The number of halogens is 1. The smallest absolute Gasteiger partial charge is 0.242 e. The van der Waals surface area contributed by atoms with Gasteiger partial charge >= 0.3 is 0 Å². The molecular weight excluding hydrogens is 237 g/mol. The van der Waals surface area contributed by atoms with Crippen molar-refractivity contribution in [3.8, 4) is 5.75 Å². The van der Waals surface area contributed by atoms with Crippen molar-refractivity contribution in [2.75, 3.05) is 32.1 Å². The zero-order chi connectivity index (χ0) is 13.0. The average Bonchev–Trinajstić information content (AvgIpc) is 2.39. The van der Waals surface area contributed by atoms with Crippen molar-refractivity contribution in [3.63, 3.8) is 0 Å². The van der Waals surface area contributed by atoms with Gasteiger partial charge in [0.1, 0.15) is 11.6 Å². The second-order valence-electron chi connectivity index (χ2n) is 4.08. The normalized spacial score (nSPS) is 19.3. The molecule has 0 saturated carbocycles. The molecule has 0 bridgehead atoms. The van der Waals surface area contributed by atoms with Crippen molar-refractivity contribution in [2.45, 2.75) is 6.04 Å². The topological polar surface area (TPSA) is 62.4 Å². The first-order valence-electron chi connectivity index (χ1n) is 5.78. The van der Waals surface area contributed by atoms with Crippen LogP contribution < -0.4 is 20.7 Å². The summed E-state index contributed by atoms with van der Waals surface area (Å²) in [5, 5.41) is 8.86. The molecule has 0 spiro atoms. The van der Waals surface area contributed by atoms with Gasteiger partial charge in [-0.2, -0.15) is 0 Å². The third kappa shape index (κ3) is 3.18. The lowest BCUT2D eigenvalue weighted by molar-refractivity contribution is -0.118. The number of hydrogen-bond donors (Lipinski definition) is 3. The van der Waals surface area contributed by atoms with E-state index in [0.717, 1.165) is 13.1 Å². The van der Waals surface area contributed by atoms with Crippen LogP contribution in [0.15, 0.2) is 18.2 Å². The number of amides is 1. The summed E-state index contributed by atoms with van der Waals surface area (Å²) in [6.07, 6.45) is 0. The van der Waals surface area contributed by atoms with Crippen LogP contribution in [0.2, 0.25) is 0 Å². The maximum Gasteiger partial charge on any atom is 0.242 e. The number of methoxy groups -OCH3 is 1. The van der Waals surface area contributed by atoms with Crippen LogP contribution in [0, 0.1) is 5.82 Å². The highest BCUT2D eigenvalue weighted by Crippen LogP contribution is 2.19. The van der Waals surface area contributed by atoms with Crippen molar-refractivity contribution in [2.24, 2.45) is 0 Å². The van der Waals surface area contributed by atoms with E-state index in [0.29, 0.717) is 18.0 Å². The Morgan fingerprint density at radius 1 is 1.44 bits per heavy atom. The van der Waals surface area contributed by atoms with Gasteiger partial charge in [0, 0.05) is 37.5 Å². The predicted molar refractivity (Wildman–Crippen MR) is 66.2 cm³/mol. The SMILES string of the molecule is COc1cc(F)cc(NC(=O)C2CNCCN2)c1. The first-order valence-corrected chi connectivity index (χ1v) is 5.78. The van der Waals surface area contributed by atoms with E-state index >= 15 is 0 Å². The molecule has 1 heterocycles. The summed E-state index contributed by atoms with van der Waals surface area (Å²) in [7, 11) is 1.45. The first-order chi connectivity index (χ1) is 8.69. The maximum absolute atomic E-state index is 13.2. The number of piperazine rings is 1. The quantitative estimate of drug-likeness (QED) is 0.726. The molecule has 0 aliphatic carbocycles. The number of carbonyl (C=O) groups is 1. The van der Waals surface area contributed by atoms with Crippen LogP contribution >= 0.6 is 0 Å². The molecule has 0 aromatic heterocycles. The van der Waals surface area contributed by atoms with Gasteiger partial charge in [-0.15, -0.1) is 0 Å². The fourth-order valence-corrected chi connectivity index (χ4v) is 1.82. The van der Waals surface area contributed by atoms with Gasteiger partial charge < -0.3 is 20.7 Å². The molecule has 1 atom stereocenters. The summed E-state index contributed by atoms with van der Waals surface area (Å²) >= 11 is 0. The highest BCUT2D eigenvalue weighted by molar-refractivity contribution is 5.95. The van der Waals surface area contributed by atoms with Crippen LogP contribution in [-0.2, 0) is 4.79 Å². The van der Waals surface area contributed by atoms with Gasteiger partial charge in [-0.25, -0.2) is 4.39 Å². The zero-order valence-corrected chi connectivity index (χ0v) is 10.1. The fourth-order valence-electron chi connectivity index (χ4n) is 1.82. The second kappa shape index (κ2) is 5.79. The summed E-state index contributed by atoms with van der Waals surface area (Å²) in [6, 6.07) is 3.80. The summed E-state index contributed by atoms with van der Waals surface area (Å²) in [5.74, 6) is -0.255. The fraction of sp³-hybridized carbons (Fsp3) is 0.417. The molecule has 1 fully saturated rings. The molecule has 5 nitrogen and oxygen atoms in total. The predicted octanol–water partition coefficient (Wildman–Crippen LogP) is 0.334. The Balaban J connectivity index is 2.03. The second-order valence-corrected chi connectivity index (χ2v) is 4.08. The van der Waals surface area contributed by atoms with E-state index < -0.39 is 5.82 Å². The lowest BCUT2D eigenvalue weighted by atomic mass is 10.2. The van der Waals surface area contributed by atoms with E-state index in [4.69, 9.17) is 4.74 Å². The zero-order valence-electron chi connectivity index (χ0n) is 10.1. The Hall–Kier alpha value is -1.66. The Bertz CT molecular complexity index is 433. The molecular formula is C12H16FN3O2. The Morgan fingerprint density at radius 3 is 2.94 bits per heavy atom. The third-order valence-electron chi connectivity index (χ3n) is 2.73.